The van der Waals surface area contributed by atoms with Gasteiger partial charge < -0.3 is 0 Å². The second kappa shape index (κ2) is 6.17. The smallest absolute Gasteiger partial charge is 0.175 e. The summed E-state index contributed by atoms with van der Waals surface area (Å²) in [5.74, 6) is -4.16. The summed E-state index contributed by atoms with van der Waals surface area (Å²) < 4.78 is 0. The molecule has 0 amide bonds. The highest BCUT2D eigenvalue weighted by molar-refractivity contribution is 7.08. The Morgan fingerprint density at radius 2 is 1.00 bits per heavy atom. The summed E-state index contributed by atoms with van der Waals surface area (Å²) in [6.07, 6.45) is 0. The third-order valence-electron chi connectivity index (χ3n) is 5.69. The van der Waals surface area contributed by atoms with E-state index in [-0.39, 0.29) is 23.1 Å². The van der Waals surface area contributed by atoms with Crippen molar-refractivity contribution in [2.75, 3.05) is 0 Å². The van der Waals surface area contributed by atoms with Crippen molar-refractivity contribution in [3.63, 3.8) is 0 Å². The van der Waals surface area contributed by atoms with Gasteiger partial charge in [-0.3, -0.25) is 19.2 Å². The Morgan fingerprint density at radius 1 is 0.607 bits per heavy atom. The van der Waals surface area contributed by atoms with Gasteiger partial charge in [0.2, 0.25) is 0 Å². The van der Waals surface area contributed by atoms with Crippen LogP contribution in [0.15, 0.2) is 65.4 Å². The van der Waals surface area contributed by atoms with Gasteiger partial charge in [-0.05, 0) is 22.4 Å². The van der Waals surface area contributed by atoms with E-state index in [1.807, 2.05) is 10.8 Å². The van der Waals surface area contributed by atoms with E-state index in [0.717, 1.165) is 0 Å². The standard InChI is InChI=1S/C23H14O4S/c24-20-13-5-1-2-6-14(13)21(25)18(20)17(12-9-10-28-11-12)19-22(26)15-7-3-4-8-16(15)23(19)27/h1-11,17-19H. The van der Waals surface area contributed by atoms with Crippen LogP contribution in [0.3, 0.4) is 0 Å². The largest absolute Gasteiger partial charge is 0.293 e. The highest BCUT2D eigenvalue weighted by Crippen LogP contribution is 2.46. The van der Waals surface area contributed by atoms with Crippen molar-refractivity contribution in [1.29, 1.82) is 0 Å². The number of hydrogen-bond acceptors (Lipinski definition) is 5. The van der Waals surface area contributed by atoms with Crippen LogP contribution in [0, 0.1) is 11.8 Å². The summed E-state index contributed by atoms with van der Waals surface area (Å²) in [4.78, 5) is 52.6. The van der Waals surface area contributed by atoms with E-state index >= 15 is 0 Å². The average molecular weight is 386 g/mol. The molecule has 0 unspecified atom stereocenters. The normalized spacial score (nSPS) is 16.9. The van der Waals surface area contributed by atoms with Crippen molar-refractivity contribution in [3.8, 4) is 0 Å². The molecule has 0 saturated carbocycles. The van der Waals surface area contributed by atoms with E-state index in [9.17, 15) is 19.2 Å². The van der Waals surface area contributed by atoms with Crippen LogP contribution in [0.25, 0.3) is 0 Å². The first-order valence-electron chi connectivity index (χ1n) is 8.96. The van der Waals surface area contributed by atoms with Gasteiger partial charge in [-0.15, -0.1) is 0 Å². The van der Waals surface area contributed by atoms with Gasteiger partial charge in [0, 0.05) is 28.2 Å². The first kappa shape index (κ1) is 17.0. The van der Waals surface area contributed by atoms with Crippen LogP contribution in [-0.4, -0.2) is 23.1 Å². The summed E-state index contributed by atoms with van der Waals surface area (Å²) >= 11 is 1.41. The Labute approximate surface area is 164 Å². The number of fused-ring (bicyclic) bond motifs is 2. The van der Waals surface area contributed by atoms with Crippen molar-refractivity contribution in [2.45, 2.75) is 5.92 Å². The maximum absolute atomic E-state index is 13.1. The molecule has 2 aliphatic rings. The van der Waals surface area contributed by atoms with E-state index in [0.29, 0.717) is 27.8 Å². The minimum absolute atomic E-state index is 0.312. The van der Waals surface area contributed by atoms with Gasteiger partial charge in [0.1, 0.15) is 0 Å². The minimum atomic E-state index is -1.06. The Kier molecular flexibility index (Phi) is 3.74. The van der Waals surface area contributed by atoms with E-state index in [1.165, 1.54) is 11.3 Å². The molecular formula is C23H14O4S. The van der Waals surface area contributed by atoms with E-state index < -0.39 is 17.8 Å². The molecule has 4 nitrogen and oxygen atoms in total. The van der Waals surface area contributed by atoms with Crippen LogP contribution in [0.4, 0.5) is 0 Å². The van der Waals surface area contributed by atoms with Crippen molar-refractivity contribution in [3.05, 3.63) is 93.2 Å². The summed E-state index contributed by atoms with van der Waals surface area (Å²) in [5.41, 5.74) is 2.16. The van der Waals surface area contributed by atoms with Crippen molar-refractivity contribution in [2.24, 2.45) is 11.8 Å². The van der Waals surface area contributed by atoms with Crippen molar-refractivity contribution >= 4 is 34.5 Å². The maximum atomic E-state index is 13.1. The van der Waals surface area contributed by atoms with E-state index in [1.54, 1.807) is 54.6 Å². The molecule has 2 aliphatic carbocycles. The van der Waals surface area contributed by atoms with E-state index in [4.69, 9.17) is 0 Å². The minimum Gasteiger partial charge on any atom is -0.293 e. The Morgan fingerprint density at radius 3 is 1.32 bits per heavy atom. The van der Waals surface area contributed by atoms with Gasteiger partial charge >= 0.3 is 0 Å². The number of Topliss-reactive ketones (excluding diaryl/α,β-unsaturated/α-hetero) is 4. The number of thiophene rings is 1. The molecule has 3 aromatic rings. The fourth-order valence-electron chi connectivity index (χ4n) is 4.43. The molecule has 0 saturated heterocycles. The van der Waals surface area contributed by atoms with Crippen LogP contribution in [0.5, 0.6) is 0 Å². The third kappa shape index (κ3) is 2.23. The lowest BCUT2D eigenvalue weighted by Crippen LogP contribution is -2.34. The van der Waals surface area contributed by atoms with Crippen LogP contribution in [-0.2, 0) is 0 Å². The fourth-order valence-corrected chi connectivity index (χ4v) is 5.14. The number of benzene rings is 2. The molecule has 0 aliphatic heterocycles. The molecule has 1 aromatic heterocycles. The molecule has 5 rings (SSSR count). The zero-order chi connectivity index (χ0) is 19.4. The first-order valence-corrected chi connectivity index (χ1v) is 9.91. The molecule has 0 radical (unpaired) electrons. The van der Waals surface area contributed by atoms with Crippen LogP contribution in [0.2, 0.25) is 0 Å². The lowest BCUT2D eigenvalue weighted by atomic mass is 9.73. The molecule has 5 heteroatoms. The summed E-state index contributed by atoms with van der Waals surface area (Å²) in [6, 6.07) is 15.2. The molecule has 0 atom stereocenters. The second-order valence-electron chi connectivity index (χ2n) is 7.09. The lowest BCUT2D eigenvalue weighted by Gasteiger charge is -2.25. The monoisotopic (exact) mass is 386 g/mol. The van der Waals surface area contributed by atoms with Gasteiger partial charge in [0.25, 0.3) is 0 Å². The van der Waals surface area contributed by atoms with Gasteiger partial charge in [-0.25, -0.2) is 0 Å². The second-order valence-corrected chi connectivity index (χ2v) is 7.87. The number of hydrogen-bond donors (Lipinski definition) is 0. The average Bonchev–Trinajstić information content (AvgIpc) is 3.40. The van der Waals surface area contributed by atoms with Gasteiger partial charge in [-0.2, -0.15) is 11.3 Å². The molecule has 0 N–H and O–H groups in total. The predicted octanol–water partition coefficient (Wildman–Crippen LogP) is 4.22. The number of rotatable bonds is 3. The summed E-state index contributed by atoms with van der Waals surface area (Å²) in [6.45, 7) is 0. The van der Waals surface area contributed by atoms with Crippen LogP contribution < -0.4 is 0 Å². The molecule has 2 aromatic carbocycles. The van der Waals surface area contributed by atoms with Crippen molar-refractivity contribution in [1.82, 2.24) is 0 Å². The Balaban J connectivity index is 1.66. The molecule has 0 bridgehead atoms. The van der Waals surface area contributed by atoms with Gasteiger partial charge in [-0.1, -0.05) is 48.5 Å². The Hall–Kier alpha value is -3.18. The fraction of sp³-hybridized carbons (Fsp3) is 0.130. The number of ketones is 4. The summed E-state index contributed by atoms with van der Waals surface area (Å²) in [5, 5.41) is 3.65. The van der Waals surface area contributed by atoms with E-state index in [2.05, 4.69) is 0 Å². The summed E-state index contributed by atoms with van der Waals surface area (Å²) in [7, 11) is 0. The molecule has 0 spiro atoms. The zero-order valence-corrected chi connectivity index (χ0v) is 15.4. The van der Waals surface area contributed by atoms with Crippen molar-refractivity contribution < 1.29 is 19.2 Å². The third-order valence-corrected chi connectivity index (χ3v) is 6.39. The first-order chi connectivity index (χ1) is 13.6. The highest BCUT2D eigenvalue weighted by Gasteiger charge is 2.53. The topological polar surface area (TPSA) is 68.3 Å². The SMILES string of the molecule is O=C1c2ccccc2C(=O)C1C(c1ccsc1)C1C(=O)c2ccccc2C1=O. The van der Waals surface area contributed by atoms with Crippen LogP contribution in [0.1, 0.15) is 52.9 Å². The number of carbonyl (C=O) groups excluding carboxylic acids is 4. The zero-order valence-electron chi connectivity index (χ0n) is 14.6. The number of carbonyl (C=O) groups is 4. The molecule has 0 fully saturated rings. The Bertz CT molecular complexity index is 1010. The van der Waals surface area contributed by atoms with Gasteiger partial charge in [0.15, 0.2) is 23.1 Å². The quantitative estimate of drug-likeness (QED) is 0.632. The molecule has 1 heterocycles. The predicted molar refractivity (Wildman–Crippen MR) is 104 cm³/mol. The molecule has 136 valence electrons. The van der Waals surface area contributed by atoms with Crippen LogP contribution >= 0.6 is 11.3 Å². The maximum Gasteiger partial charge on any atom is 0.175 e. The molecule has 28 heavy (non-hydrogen) atoms. The lowest BCUT2D eigenvalue weighted by molar-refractivity contribution is 0.0729. The highest BCUT2D eigenvalue weighted by atomic mass is 32.1. The van der Waals surface area contributed by atoms with Gasteiger partial charge in [0.05, 0.1) is 11.8 Å². The molecular weight excluding hydrogens is 372 g/mol.